The van der Waals surface area contributed by atoms with Gasteiger partial charge in [-0.2, -0.15) is 0 Å². The van der Waals surface area contributed by atoms with Crippen molar-refractivity contribution in [2.75, 3.05) is 0 Å². The number of aromatic hydroxyl groups is 1. The molecule has 0 unspecified atom stereocenters. The minimum Gasteiger partial charge on any atom is -0.502 e. The summed E-state index contributed by atoms with van der Waals surface area (Å²) in [6, 6.07) is 0.948. The van der Waals surface area contributed by atoms with Gasteiger partial charge in [0.05, 0.1) is 0 Å². The normalized spacial score (nSPS) is 9.67. The number of hydrogen-bond donors (Lipinski definition) is 2. The lowest BCUT2D eigenvalue weighted by Gasteiger charge is -1.94. The molecule has 0 spiro atoms. The fraction of sp³-hybridized carbons (Fsp3) is 0.143. The molecule has 5 heteroatoms. The molecule has 1 rings (SSSR count). The van der Waals surface area contributed by atoms with Crippen LogP contribution in [-0.4, -0.2) is 16.2 Å². The van der Waals surface area contributed by atoms with Crippen LogP contribution in [0.5, 0.6) is 5.75 Å². The average molecular weight is 170 g/mol. The van der Waals surface area contributed by atoms with Gasteiger partial charge >= 0.3 is 5.97 Å². The van der Waals surface area contributed by atoms with Crippen molar-refractivity contribution in [2.45, 2.75) is 6.42 Å². The molecular weight excluding hydrogens is 164 g/mol. The van der Waals surface area contributed by atoms with Crippen LogP contribution in [-0.2, 0) is 11.2 Å². The average Bonchev–Trinajstić information content (AvgIpc) is 1.96. The third-order valence-corrected chi connectivity index (χ3v) is 1.19. The van der Waals surface area contributed by atoms with Crippen LogP contribution < -0.4 is 5.43 Å². The predicted molar refractivity (Wildman–Crippen MR) is 38.0 cm³/mol. The Labute approximate surface area is 66.9 Å². The predicted octanol–water partition coefficient (Wildman–Crippen LogP) is -0.0275. The molecule has 5 nitrogen and oxygen atoms in total. The van der Waals surface area contributed by atoms with Crippen molar-refractivity contribution in [3.05, 3.63) is 28.3 Å². The zero-order valence-electron chi connectivity index (χ0n) is 5.98. The van der Waals surface area contributed by atoms with Crippen molar-refractivity contribution >= 4 is 5.97 Å². The summed E-state index contributed by atoms with van der Waals surface area (Å²) in [5.74, 6) is -1.60. The van der Waals surface area contributed by atoms with E-state index in [4.69, 9.17) is 10.2 Å². The van der Waals surface area contributed by atoms with Crippen LogP contribution in [0.2, 0.25) is 0 Å². The Kier molecular flexibility index (Phi) is 2.14. The van der Waals surface area contributed by atoms with E-state index >= 15 is 0 Å². The van der Waals surface area contributed by atoms with Crippen LogP contribution in [0.4, 0.5) is 0 Å². The van der Waals surface area contributed by atoms with E-state index in [2.05, 4.69) is 4.42 Å². The third kappa shape index (κ3) is 1.85. The largest absolute Gasteiger partial charge is 0.502 e. The number of aliphatic carboxylic acids is 1. The maximum Gasteiger partial charge on any atom is 0.311 e. The van der Waals surface area contributed by atoms with Crippen LogP contribution in [0.25, 0.3) is 0 Å². The summed E-state index contributed by atoms with van der Waals surface area (Å²) in [5.41, 5.74) is -0.641. The number of rotatable bonds is 2. The second-order valence-electron chi connectivity index (χ2n) is 2.17. The Morgan fingerprint density at radius 2 is 2.25 bits per heavy atom. The van der Waals surface area contributed by atoms with Gasteiger partial charge in [-0.1, -0.05) is 0 Å². The van der Waals surface area contributed by atoms with Crippen molar-refractivity contribution in [3.8, 4) is 5.75 Å². The van der Waals surface area contributed by atoms with Crippen molar-refractivity contribution in [2.24, 2.45) is 0 Å². The van der Waals surface area contributed by atoms with Gasteiger partial charge in [-0.05, 0) is 0 Å². The molecule has 1 aromatic heterocycles. The first-order valence-electron chi connectivity index (χ1n) is 3.12. The van der Waals surface area contributed by atoms with E-state index in [0.29, 0.717) is 0 Å². The lowest BCUT2D eigenvalue weighted by molar-refractivity contribution is -0.136. The number of carbonyl (C=O) groups is 1. The summed E-state index contributed by atoms with van der Waals surface area (Å²) < 4.78 is 4.62. The standard InChI is InChI=1S/C7H6O5/c8-5-1-4(2-7(10)11)12-3-6(5)9/h1,3,9H,2H2,(H,10,11). The van der Waals surface area contributed by atoms with Gasteiger partial charge in [0.2, 0.25) is 5.43 Å². The van der Waals surface area contributed by atoms with E-state index in [1.54, 1.807) is 0 Å². The van der Waals surface area contributed by atoms with Gasteiger partial charge < -0.3 is 14.6 Å². The molecule has 0 aliphatic rings. The monoisotopic (exact) mass is 170 g/mol. The van der Waals surface area contributed by atoms with Gasteiger partial charge in [0, 0.05) is 6.07 Å². The van der Waals surface area contributed by atoms with Crippen LogP contribution in [0.1, 0.15) is 5.76 Å². The molecule has 0 bridgehead atoms. The lowest BCUT2D eigenvalue weighted by atomic mass is 10.3. The van der Waals surface area contributed by atoms with E-state index in [1.165, 1.54) is 0 Å². The number of hydrogen-bond acceptors (Lipinski definition) is 4. The maximum absolute atomic E-state index is 10.7. The van der Waals surface area contributed by atoms with Crippen LogP contribution in [0.3, 0.4) is 0 Å². The molecule has 0 radical (unpaired) electrons. The molecule has 0 aliphatic carbocycles. The molecule has 0 aliphatic heterocycles. The fourth-order valence-electron chi connectivity index (χ4n) is 0.686. The molecule has 0 atom stereocenters. The summed E-state index contributed by atoms with van der Waals surface area (Å²) in [4.78, 5) is 20.9. The number of carboxylic acid groups (broad SMARTS) is 1. The van der Waals surface area contributed by atoms with Gasteiger partial charge in [0.1, 0.15) is 18.4 Å². The Bertz CT molecular complexity index is 351. The van der Waals surface area contributed by atoms with Gasteiger partial charge in [-0.15, -0.1) is 0 Å². The van der Waals surface area contributed by atoms with E-state index < -0.39 is 17.1 Å². The summed E-state index contributed by atoms with van der Waals surface area (Å²) in [5, 5.41) is 17.0. The minimum absolute atomic E-state index is 0.0188. The van der Waals surface area contributed by atoms with Crippen molar-refractivity contribution in [3.63, 3.8) is 0 Å². The molecule has 0 aromatic carbocycles. The minimum atomic E-state index is -1.09. The lowest BCUT2D eigenvalue weighted by Crippen LogP contribution is -2.05. The van der Waals surface area contributed by atoms with Gasteiger partial charge in [0.25, 0.3) is 0 Å². The van der Waals surface area contributed by atoms with Crippen LogP contribution in [0.15, 0.2) is 21.5 Å². The third-order valence-electron chi connectivity index (χ3n) is 1.19. The highest BCUT2D eigenvalue weighted by Crippen LogP contribution is 2.03. The molecule has 1 aromatic rings. The fourth-order valence-corrected chi connectivity index (χ4v) is 0.686. The van der Waals surface area contributed by atoms with Gasteiger partial charge in [-0.3, -0.25) is 9.59 Å². The van der Waals surface area contributed by atoms with Crippen molar-refractivity contribution < 1.29 is 19.4 Å². The first-order valence-corrected chi connectivity index (χ1v) is 3.12. The number of carboxylic acids is 1. The smallest absolute Gasteiger partial charge is 0.311 e. The topological polar surface area (TPSA) is 87.7 Å². The first-order chi connectivity index (χ1) is 5.59. The Morgan fingerprint density at radius 1 is 1.58 bits per heavy atom. The quantitative estimate of drug-likeness (QED) is 0.650. The van der Waals surface area contributed by atoms with Crippen molar-refractivity contribution in [1.82, 2.24) is 0 Å². The molecule has 12 heavy (non-hydrogen) atoms. The highest BCUT2D eigenvalue weighted by Gasteiger charge is 2.05. The van der Waals surface area contributed by atoms with Crippen LogP contribution >= 0.6 is 0 Å². The van der Waals surface area contributed by atoms with E-state index in [0.717, 1.165) is 12.3 Å². The molecule has 64 valence electrons. The Balaban J connectivity index is 2.97. The molecular formula is C7H6O5. The second kappa shape index (κ2) is 3.08. The van der Waals surface area contributed by atoms with E-state index in [1.807, 2.05) is 0 Å². The SMILES string of the molecule is O=C(O)Cc1cc(=O)c(O)co1. The summed E-state index contributed by atoms with van der Waals surface area (Å²) in [7, 11) is 0. The zero-order valence-corrected chi connectivity index (χ0v) is 5.98. The van der Waals surface area contributed by atoms with E-state index in [9.17, 15) is 9.59 Å². The van der Waals surface area contributed by atoms with E-state index in [-0.39, 0.29) is 12.2 Å². The molecule has 2 N–H and O–H groups in total. The second-order valence-corrected chi connectivity index (χ2v) is 2.17. The molecule has 0 fully saturated rings. The van der Waals surface area contributed by atoms with Crippen molar-refractivity contribution in [1.29, 1.82) is 0 Å². The molecule has 1 heterocycles. The van der Waals surface area contributed by atoms with Gasteiger partial charge in [-0.25, -0.2) is 0 Å². The maximum atomic E-state index is 10.7. The summed E-state index contributed by atoms with van der Waals surface area (Å²) >= 11 is 0. The van der Waals surface area contributed by atoms with Gasteiger partial charge in [0.15, 0.2) is 5.75 Å². The first kappa shape index (κ1) is 8.32. The molecule has 0 saturated carbocycles. The highest BCUT2D eigenvalue weighted by molar-refractivity contribution is 5.69. The molecule has 0 saturated heterocycles. The molecule has 0 amide bonds. The Hall–Kier alpha value is -1.78. The highest BCUT2D eigenvalue weighted by atomic mass is 16.4. The summed E-state index contributed by atoms with van der Waals surface area (Å²) in [6.07, 6.45) is 0.454. The zero-order chi connectivity index (χ0) is 9.14. The Morgan fingerprint density at radius 3 is 2.75 bits per heavy atom. The summed E-state index contributed by atoms with van der Waals surface area (Å²) in [6.45, 7) is 0. The van der Waals surface area contributed by atoms with Crippen LogP contribution in [0, 0.1) is 0 Å².